The Kier molecular flexibility index (Phi) is 7.11. The molecule has 1 saturated heterocycles. The number of aryl methyl sites for hydroxylation is 2. The Balaban J connectivity index is 1.50. The highest BCUT2D eigenvalue weighted by atomic mass is 35.5. The van der Waals surface area contributed by atoms with Gasteiger partial charge in [-0.2, -0.15) is 0 Å². The molecule has 0 aliphatic carbocycles. The zero-order valence-electron chi connectivity index (χ0n) is 19.0. The van der Waals surface area contributed by atoms with Crippen molar-refractivity contribution in [1.82, 2.24) is 0 Å². The van der Waals surface area contributed by atoms with Gasteiger partial charge in [0.25, 0.3) is 15.9 Å². The monoisotopic (exact) mass is 499 g/mol. The second-order valence-corrected chi connectivity index (χ2v) is 10.2. The van der Waals surface area contributed by atoms with Crippen LogP contribution in [0.4, 0.5) is 17.1 Å². The molecule has 178 valence electrons. The van der Waals surface area contributed by atoms with Gasteiger partial charge in [0.15, 0.2) is 0 Å². The average Bonchev–Trinajstić information content (AvgIpc) is 2.82. The van der Waals surface area contributed by atoms with Gasteiger partial charge >= 0.3 is 0 Å². The molecule has 1 aliphatic heterocycles. The molecular weight excluding hydrogens is 474 g/mol. The number of carbonyl (C=O) groups excluding carboxylic acids is 1. The largest absolute Gasteiger partial charge is 0.378 e. The molecule has 0 aromatic heterocycles. The van der Waals surface area contributed by atoms with Crippen molar-refractivity contribution in [2.45, 2.75) is 18.7 Å². The normalized spacial score (nSPS) is 14.0. The maximum atomic E-state index is 13.0. The lowest BCUT2D eigenvalue weighted by atomic mass is 10.1. The zero-order valence-corrected chi connectivity index (χ0v) is 20.5. The highest BCUT2D eigenvalue weighted by Gasteiger charge is 2.21. The number of anilines is 3. The Morgan fingerprint density at radius 1 is 0.912 bits per heavy atom. The van der Waals surface area contributed by atoms with Crippen LogP contribution in [-0.4, -0.2) is 40.6 Å². The van der Waals surface area contributed by atoms with Crippen LogP contribution in [0.15, 0.2) is 65.6 Å². The van der Waals surface area contributed by atoms with Crippen LogP contribution in [-0.2, 0) is 14.8 Å². The number of sulfonamides is 1. The molecule has 34 heavy (non-hydrogen) atoms. The predicted molar refractivity (Wildman–Crippen MR) is 136 cm³/mol. The van der Waals surface area contributed by atoms with Gasteiger partial charge in [-0.25, -0.2) is 8.42 Å². The number of ether oxygens (including phenoxy) is 1. The number of carbonyl (C=O) groups is 1. The molecule has 1 aliphatic rings. The molecule has 0 bridgehead atoms. The number of amides is 1. The highest BCUT2D eigenvalue weighted by molar-refractivity contribution is 7.92. The van der Waals surface area contributed by atoms with Crippen LogP contribution in [0.3, 0.4) is 0 Å². The first kappa shape index (κ1) is 24.1. The smallest absolute Gasteiger partial charge is 0.263 e. The van der Waals surface area contributed by atoms with Crippen molar-refractivity contribution in [1.29, 1.82) is 0 Å². The second-order valence-electron chi connectivity index (χ2n) is 8.15. The Morgan fingerprint density at radius 2 is 1.59 bits per heavy atom. The summed E-state index contributed by atoms with van der Waals surface area (Å²) in [6, 6.07) is 17.0. The van der Waals surface area contributed by atoms with E-state index in [9.17, 15) is 13.2 Å². The van der Waals surface area contributed by atoms with Crippen LogP contribution in [0.25, 0.3) is 0 Å². The highest BCUT2D eigenvalue weighted by Crippen LogP contribution is 2.27. The summed E-state index contributed by atoms with van der Waals surface area (Å²) in [4.78, 5) is 14.9. The van der Waals surface area contributed by atoms with Crippen molar-refractivity contribution in [2.75, 3.05) is 41.2 Å². The van der Waals surface area contributed by atoms with Crippen LogP contribution in [0.2, 0.25) is 5.02 Å². The number of rotatable bonds is 6. The van der Waals surface area contributed by atoms with E-state index in [0.717, 1.165) is 29.9 Å². The summed E-state index contributed by atoms with van der Waals surface area (Å²) in [5, 5.41) is 2.84. The molecule has 0 saturated carbocycles. The lowest BCUT2D eigenvalue weighted by Crippen LogP contribution is -2.36. The van der Waals surface area contributed by atoms with Crippen molar-refractivity contribution >= 4 is 44.6 Å². The summed E-state index contributed by atoms with van der Waals surface area (Å²) in [6.45, 7) is 6.88. The van der Waals surface area contributed by atoms with Gasteiger partial charge in [-0.3, -0.25) is 9.52 Å². The van der Waals surface area contributed by atoms with E-state index in [0.29, 0.717) is 24.6 Å². The SMILES string of the molecule is Cc1ccc(NS(=O)(=O)c2cc(C(=O)Nc3ccc(N4CCOCC4)cc3)ccc2Cl)cc1C. The van der Waals surface area contributed by atoms with E-state index in [4.69, 9.17) is 16.3 Å². The summed E-state index contributed by atoms with van der Waals surface area (Å²) < 4.78 is 33.9. The van der Waals surface area contributed by atoms with Gasteiger partial charge in [0.2, 0.25) is 0 Å². The van der Waals surface area contributed by atoms with Crippen LogP contribution in [0.1, 0.15) is 21.5 Å². The molecule has 1 amide bonds. The number of morpholine rings is 1. The second kappa shape index (κ2) is 10.0. The molecule has 7 nitrogen and oxygen atoms in total. The molecule has 1 fully saturated rings. The molecule has 0 spiro atoms. The topological polar surface area (TPSA) is 87.7 Å². The number of hydrogen-bond donors (Lipinski definition) is 2. The van der Waals surface area contributed by atoms with Crippen LogP contribution < -0.4 is 14.9 Å². The standard InChI is InChI=1S/C25H26ClN3O4S/c1-17-3-5-21(15-18(17)2)28-34(31,32)24-16-19(4-10-23(24)26)25(30)27-20-6-8-22(9-7-20)29-11-13-33-14-12-29/h3-10,15-16,28H,11-14H2,1-2H3,(H,27,30). The number of halogens is 1. The van der Waals surface area contributed by atoms with Crippen molar-refractivity contribution in [2.24, 2.45) is 0 Å². The predicted octanol–water partition coefficient (Wildman–Crippen LogP) is 4.85. The summed E-state index contributed by atoms with van der Waals surface area (Å²) in [6.07, 6.45) is 0. The third-order valence-electron chi connectivity index (χ3n) is 5.74. The van der Waals surface area contributed by atoms with Gasteiger partial charge in [-0.05, 0) is 79.6 Å². The van der Waals surface area contributed by atoms with E-state index >= 15 is 0 Å². The van der Waals surface area contributed by atoms with E-state index in [2.05, 4.69) is 14.9 Å². The van der Waals surface area contributed by atoms with E-state index in [-0.39, 0.29) is 15.5 Å². The lowest BCUT2D eigenvalue weighted by Gasteiger charge is -2.28. The van der Waals surface area contributed by atoms with Gasteiger partial charge in [0, 0.05) is 35.7 Å². The summed E-state index contributed by atoms with van der Waals surface area (Å²) in [7, 11) is -4.00. The van der Waals surface area contributed by atoms with Gasteiger partial charge in [-0.1, -0.05) is 17.7 Å². The number of hydrogen-bond acceptors (Lipinski definition) is 5. The number of benzene rings is 3. The molecule has 3 aromatic carbocycles. The molecule has 4 rings (SSSR count). The van der Waals surface area contributed by atoms with Gasteiger partial charge < -0.3 is 15.0 Å². The van der Waals surface area contributed by atoms with E-state index in [1.54, 1.807) is 12.1 Å². The Bertz CT molecular complexity index is 1300. The molecule has 0 radical (unpaired) electrons. The molecule has 3 aromatic rings. The van der Waals surface area contributed by atoms with E-state index < -0.39 is 15.9 Å². The van der Waals surface area contributed by atoms with Gasteiger partial charge in [-0.15, -0.1) is 0 Å². The third-order valence-corrected chi connectivity index (χ3v) is 7.61. The summed E-state index contributed by atoms with van der Waals surface area (Å²) in [5.74, 6) is -0.432. The van der Waals surface area contributed by atoms with Crippen molar-refractivity contribution in [3.8, 4) is 0 Å². The van der Waals surface area contributed by atoms with Crippen molar-refractivity contribution < 1.29 is 17.9 Å². The average molecular weight is 500 g/mol. The lowest BCUT2D eigenvalue weighted by molar-refractivity contribution is 0.102. The third kappa shape index (κ3) is 5.52. The van der Waals surface area contributed by atoms with Crippen molar-refractivity contribution in [3.05, 3.63) is 82.4 Å². The molecular formula is C25H26ClN3O4S. The molecule has 0 atom stereocenters. The molecule has 1 heterocycles. The zero-order chi connectivity index (χ0) is 24.3. The first-order valence-electron chi connectivity index (χ1n) is 10.9. The van der Waals surface area contributed by atoms with Gasteiger partial charge in [0.05, 0.1) is 18.2 Å². The fraction of sp³-hybridized carbons (Fsp3) is 0.240. The molecule has 2 N–H and O–H groups in total. The molecule has 9 heteroatoms. The first-order valence-corrected chi connectivity index (χ1v) is 12.7. The minimum Gasteiger partial charge on any atom is -0.378 e. The minimum atomic E-state index is -4.00. The molecule has 0 unspecified atom stereocenters. The van der Waals surface area contributed by atoms with E-state index in [1.807, 2.05) is 44.2 Å². The minimum absolute atomic E-state index is 0.0303. The summed E-state index contributed by atoms with van der Waals surface area (Å²) in [5.41, 5.74) is 4.28. The summed E-state index contributed by atoms with van der Waals surface area (Å²) >= 11 is 6.20. The Hall–Kier alpha value is -3.07. The van der Waals surface area contributed by atoms with Crippen LogP contribution in [0, 0.1) is 13.8 Å². The maximum Gasteiger partial charge on any atom is 0.263 e. The number of nitrogens with zero attached hydrogens (tertiary/aromatic N) is 1. The Labute approximate surface area is 204 Å². The van der Waals surface area contributed by atoms with Crippen LogP contribution in [0.5, 0.6) is 0 Å². The first-order chi connectivity index (χ1) is 16.2. The fourth-order valence-corrected chi connectivity index (χ4v) is 5.22. The van der Waals surface area contributed by atoms with E-state index in [1.165, 1.54) is 18.2 Å². The fourth-order valence-electron chi connectivity index (χ4n) is 3.65. The van der Waals surface area contributed by atoms with Crippen LogP contribution >= 0.6 is 11.6 Å². The Morgan fingerprint density at radius 3 is 2.26 bits per heavy atom. The number of nitrogens with one attached hydrogen (secondary N) is 2. The van der Waals surface area contributed by atoms with Crippen molar-refractivity contribution in [3.63, 3.8) is 0 Å². The maximum absolute atomic E-state index is 13.0. The quantitative estimate of drug-likeness (QED) is 0.506. The van der Waals surface area contributed by atoms with Gasteiger partial charge in [0.1, 0.15) is 4.90 Å².